The van der Waals surface area contributed by atoms with Gasteiger partial charge in [0.05, 0.1) is 0 Å². The predicted octanol–water partition coefficient (Wildman–Crippen LogP) is 2.18. The van der Waals surface area contributed by atoms with Gasteiger partial charge in [-0.15, -0.1) is 0 Å². The number of halogens is 1. The van der Waals surface area contributed by atoms with E-state index in [0.29, 0.717) is 23.0 Å². The van der Waals surface area contributed by atoms with Crippen LogP contribution in [0.2, 0.25) is 0 Å². The predicted molar refractivity (Wildman–Crippen MR) is 59.5 cm³/mol. The monoisotopic (exact) mass is 219 g/mol. The Morgan fingerprint density at radius 1 is 1.06 bits per heavy atom. The lowest BCUT2D eigenvalue weighted by Crippen LogP contribution is -1.92. The fourth-order valence-electron chi connectivity index (χ4n) is 1.27. The van der Waals surface area contributed by atoms with Gasteiger partial charge in [0.2, 0.25) is 0 Å². The number of pyridine rings is 1. The molecule has 4 nitrogen and oxygen atoms in total. The Labute approximate surface area is 91.7 Å². The second-order valence-corrected chi connectivity index (χ2v) is 3.24. The Kier molecular flexibility index (Phi) is 2.59. The highest BCUT2D eigenvalue weighted by Gasteiger charge is 2.01. The third-order valence-electron chi connectivity index (χ3n) is 1.88. The van der Waals surface area contributed by atoms with E-state index >= 15 is 0 Å². The molecule has 0 aliphatic carbocycles. The molecule has 1 aromatic carbocycles. The lowest BCUT2D eigenvalue weighted by atomic mass is 10.3. The highest BCUT2D eigenvalue weighted by molar-refractivity contribution is 5.46. The summed E-state index contributed by atoms with van der Waals surface area (Å²) in [6.45, 7) is 0. The highest BCUT2D eigenvalue weighted by Crippen LogP contribution is 2.24. The number of ether oxygens (including phenoxy) is 1. The van der Waals surface area contributed by atoms with Crippen LogP contribution in [0.4, 0.5) is 15.9 Å². The first-order valence-electron chi connectivity index (χ1n) is 4.59. The molecular weight excluding hydrogens is 209 g/mol. The fourth-order valence-corrected chi connectivity index (χ4v) is 1.27. The molecule has 1 heterocycles. The number of hydrogen-bond acceptors (Lipinski definition) is 4. The molecule has 0 atom stereocenters. The summed E-state index contributed by atoms with van der Waals surface area (Å²) in [5, 5.41) is 0. The molecule has 0 saturated carbocycles. The lowest BCUT2D eigenvalue weighted by molar-refractivity contribution is 0.477. The van der Waals surface area contributed by atoms with Gasteiger partial charge in [-0.2, -0.15) is 0 Å². The third-order valence-corrected chi connectivity index (χ3v) is 1.88. The third kappa shape index (κ3) is 2.38. The van der Waals surface area contributed by atoms with Crippen molar-refractivity contribution in [1.82, 2.24) is 4.98 Å². The van der Waals surface area contributed by atoms with Gasteiger partial charge in [0.1, 0.15) is 23.1 Å². The number of nitrogens with two attached hydrogens (primary N) is 2. The van der Waals surface area contributed by atoms with Crippen molar-refractivity contribution < 1.29 is 9.13 Å². The van der Waals surface area contributed by atoms with Crippen molar-refractivity contribution in [3.8, 4) is 11.5 Å². The average Bonchev–Trinajstić information content (AvgIpc) is 2.15. The van der Waals surface area contributed by atoms with Crippen LogP contribution < -0.4 is 16.2 Å². The maximum Gasteiger partial charge on any atom is 0.132 e. The summed E-state index contributed by atoms with van der Waals surface area (Å²) in [4.78, 5) is 3.82. The minimum absolute atomic E-state index is 0.303. The van der Waals surface area contributed by atoms with Crippen molar-refractivity contribution in [2.45, 2.75) is 0 Å². The first-order chi connectivity index (χ1) is 7.63. The molecule has 0 unspecified atom stereocenters. The molecule has 0 amide bonds. The first-order valence-corrected chi connectivity index (χ1v) is 4.59. The normalized spacial score (nSPS) is 10.1. The molecule has 1 aromatic heterocycles. The highest BCUT2D eigenvalue weighted by atomic mass is 19.1. The van der Waals surface area contributed by atoms with Crippen LogP contribution in [0.25, 0.3) is 0 Å². The number of benzene rings is 1. The summed E-state index contributed by atoms with van der Waals surface area (Å²) < 4.78 is 18.4. The molecule has 16 heavy (non-hydrogen) atoms. The minimum atomic E-state index is -0.447. The quantitative estimate of drug-likeness (QED) is 0.759. The molecule has 0 bridgehead atoms. The summed E-state index contributed by atoms with van der Waals surface area (Å²) >= 11 is 0. The van der Waals surface area contributed by atoms with E-state index in [2.05, 4.69) is 4.98 Å². The zero-order valence-electron chi connectivity index (χ0n) is 8.35. The van der Waals surface area contributed by atoms with Gasteiger partial charge in [-0.05, 0) is 12.1 Å². The standard InChI is InChI=1S/C11H10FN3O/c12-7-3-8(13)5-10(4-7)16-9-1-2-15-11(14)6-9/h1-6H,13H2,(H2,14,15). The Hall–Kier alpha value is -2.30. The van der Waals surface area contributed by atoms with Crippen LogP contribution in [0.15, 0.2) is 36.5 Å². The number of aromatic nitrogens is 1. The second kappa shape index (κ2) is 4.06. The van der Waals surface area contributed by atoms with E-state index in [1.807, 2.05) is 0 Å². The summed E-state index contributed by atoms with van der Waals surface area (Å²) in [6.07, 6.45) is 1.51. The SMILES string of the molecule is Nc1cc(F)cc(Oc2ccnc(N)c2)c1. The van der Waals surface area contributed by atoms with Gasteiger partial charge < -0.3 is 16.2 Å². The van der Waals surface area contributed by atoms with E-state index in [4.69, 9.17) is 16.2 Å². The number of anilines is 2. The molecule has 0 fully saturated rings. The molecule has 82 valence electrons. The van der Waals surface area contributed by atoms with Crippen LogP contribution >= 0.6 is 0 Å². The topological polar surface area (TPSA) is 74.2 Å². The van der Waals surface area contributed by atoms with Gasteiger partial charge in [-0.1, -0.05) is 0 Å². The Morgan fingerprint density at radius 2 is 1.88 bits per heavy atom. The smallest absolute Gasteiger partial charge is 0.132 e. The summed E-state index contributed by atoms with van der Waals surface area (Å²) in [6, 6.07) is 7.15. The maximum atomic E-state index is 13.0. The summed E-state index contributed by atoms with van der Waals surface area (Å²) in [7, 11) is 0. The Morgan fingerprint density at radius 3 is 2.56 bits per heavy atom. The molecule has 4 N–H and O–H groups in total. The van der Waals surface area contributed by atoms with Gasteiger partial charge in [-0.25, -0.2) is 9.37 Å². The van der Waals surface area contributed by atoms with Crippen LogP contribution in [0.3, 0.4) is 0 Å². The van der Waals surface area contributed by atoms with Crippen LogP contribution in [0, 0.1) is 5.82 Å². The van der Waals surface area contributed by atoms with Gasteiger partial charge in [0.25, 0.3) is 0 Å². The molecule has 2 aromatic rings. The lowest BCUT2D eigenvalue weighted by Gasteiger charge is -2.06. The van der Waals surface area contributed by atoms with Crippen molar-refractivity contribution in [3.63, 3.8) is 0 Å². The zero-order valence-corrected chi connectivity index (χ0v) is 8.35. The zero-order chi connectivity index (χ0) is 11.5. The average molecular weight is 219 g/mol. The maximum absolute atomic E-state index is 13.0. The Bertz CT molecular complexity index is 496. The van der Waals surface area contributed by atoms with Gasteiger partial charge in [-0.3, -0.25) is 0 Å². The molecule has 5 heteroatoms. The van der Waals surface area contributed by atoms with E-state index in [1.54, 1.807) is 12.1 Å². The molecule has 2 rings (SSSR count). The number of nitrogen functional groups attached to an aromatic ring is 2. The number of nitrogens with zero attached hydrogens (tertiary/aromatic N) is 1. The van der Waals surface area contributed by atoms with Crippen molar-refractivity contribution in [2.75, 3.05) is 11.5 Å². The summed E-state index contributed by atoms with van der Waals surface area (Å²) in [5.74, 6) is 0.694. The van der Waals surface area contributed by atoms with Crippen molar-refractivity contribution in [2.24, 2.45) is 0 Å². The van der Waals surface area contributed by atoms with Crippen LogP contribution in [0.5, 0.6) is 11.5 Å². The van der Waals surface area contributed by atoms with Crippen molar-refractivity contribution >= 4 is 11.5 Å². The first kappa shape index (κ1) is 10.2. The van der Waals surface area contributed by atoms with E-state index in [1.165, 1.54) is 24.4 Å². The van der Waals surface area contributed by atoms with E-state index in [9.17, 15) is 4.39 Å². The van der Waals surface area contributed by atoms with Crippen LogP contribution in [0.1, 0.15) is 0 Å². The van der Waals surface area contributed by atoms with E-state index in [-0.39, 0.29) is 0 Å². The molecule has 0 aliphatic rings. The fraction of sp³-hybridized carbons (Fsp3) is 0. The largest absolute Gasteiger partial charge is 0.457 e. The molecule has 0 aliphatic heterocycles. The summed E-state index contributed by atoms with van der Waals surface area (Å²) in [5.41, 5.74) is 11.3. The minimum Gasteiger partial charge on any atom is -0.457 e. The van der Waals surface area contributed by atoms with E-state index in [0.717, 1.165) is 0 Å². The number of hydrogen-bond donors (Lipinski definition) is 2. The van der Waals surface area contributed by atoms with Crippen molar-refractivity contribution in [3.05, 3.63) is 42.3 Å². The van der Waals surface area contributed by atoms with Gasteiger partial charge >= 0.3 is 0 Å². The molecule has 0 spiro atoms. The van der Waals surface area contributed by atoms with Gasteiger partial charge in [0, 0.05) is 30.1 Å². The number of rotatable bonds is 2. The van der Waals surface area contributed by atoms with E-state index < -0.39 is 5.82 Å². The van der Waals surface area contributed by atoms with Crippen LogP contribution in [-0.4, -0.2) is 4.98 Å². The second-order valence-electron chi connectivity index (χ2n) is 3.24. The Balaban J connectivity index is 2.27. The molecular formula is C11H10FN3O. The molecule has 0 radical (unpaired) electrons. The van der Waals surface area contributed by atoms with Gasteiger partial charge in [0.15, 0.2) is 0 Å². The van der Waals surface area contributed by atoms with Crippen molar-refractivity contribution in [1.29, 1.82) is 0 Å². The van der Waals surface area contributed by atoms with Crippen LogP contribution in [-0.2, 0) is 0 Å². The molecule has 0 saturated heterocycles.